The van der Waals surface area contributed by atoms with Crippen LogP contribution in [0.15, 0.2) is 48.7 Å². The van der Waals surface area contributed by atoms with E-state index in [1.807, 2.05) is 30.3 Å². The monoisotopic (exact) mass is 440 g/mol. The van der Waals surface area contributed by atoms with Gasteiger partial charge in [-0.15, -0.1) is 0 Å². The summed E-state index contributed by atoms with van der Waals surface area (Å²) in [5.41, 5.74) is 5.80. The van der Waals surface area contributed by atoms with Gasteiger partial charge in [-0.3, -0.25) is 9.78 Å². The number of benzene rings is 2. The van der Waals surface area contributed by atoms with Crippen molar-refractivity contribution in [3.8, 4) is 17.0 Å². The molecule has 9 heteroatoms. The number of hydrogen-bond donors (Lipinski definition) is 1. The molecule has 0 saturated carbocycles. The zero-order chi connectivity index (χ0) is 21.4. The molecule has 0 unspecified atom stereocenters. The topological polar surface area (TPSA) is 74.4 Å². The molecule has 0 aliphatic heterocycles. The summed E-state index contributed by atoms with van der Waals surface area (Å²) in [6, 6.07) is 12.2. The second-order valence-corrected chi connectivity index (χ2v) is 6.33. The van der Waals surface area contributed by atoms with Crippen molar-refractivity contribution >= 4 is 35.4 Å². The van der Waals surface area contributed by atoms with Crippen molar-refractivity contribution in [2.75, 3.05) is 12.8 Å². The van der Waals surface area contributed by atoms with Crippen LogP contribution in [-0.2, 0) is 16.1 Å². The van der Waals surface area contributed by atoms with E-state index in [2.05, 4.69) is 9.72 Å². The number of carbonyl (C=O) groups excluding carboxylic acids is 1. The Hall–Kier alpha value is -2.90. The Bertz CT molecular complexity index is 989. The van der Waals surface area contributed by atoms with Gasteiger partial charge in [-0.1, -0.05) is 53.5 Å². The zero-order valence-corrected chi connectivity index (χ0v) is 16.7. The van der Waals surface area contributed by atoms with Crippen molar-refractivity contribution in [1.29, 1.82) is 0 Å². The smallest absolute Gasteiger partial charge is 0.293 e. The van der Waals surface area contributed by atoms with Crippen molar-refractivity contribution in [2.24, 2.45) is 0 Å². The van der Waals surface area contributed by atoms with Gasteiger partial charge in [0.15, 0.2) is 17.4 Å². The SMILES string of the molecule is COc1c(Cl)ccc(-c2ncc(Cl)c(N)c2F)c1F.O=COCc1ccccc1. The summed E-state index contributed by atoms with van der Waals surface area (Å²) in [5.74, 6) is -1.90. The summed E-state index contributed by atoms with van der Waals surface area (Å²) in [6.45, 7) is 0.817. The fourth-order valence-electron chi connectivity index (χ4n) is 2.27. The minimum Gasteiger partial charge on any atom is -0.492 e. The van der Waals surface area contributed by atoms with Crippen LogP contribution in [0, 0.1) is 11.6 Å². The van der Waals surface area contributed by atoms with E-state index in [4.69, 9.17) is 33.7 Å². The Kier molecular flexibility index (Phi) is 8.18. The number of methoxy groups -OCH3 is 1. The van der Waals surface area contributed by atoms with Gasteiger partial charge in [0.2, 0.25) is 0 Å². The highest BCUT2D eigenvalue weighted by molar-refractivity contribution is 6.33. The minimum atomic E-state index is -0.893. The molecule has 0 aliphatic carbocycles. The molecule has 0 radical (unpaired) electrons. The van der Waals surface area contributed by atoms with E-state index in [0.717, 1.165) is 11.8 Å². The molecule has 0 fully saturated rings. The summed E-state index contributed by atoms with van der Waals surface area (Å²) < 4.78 is 37.5. The lowest BCUT2D eigenvalue weighted by Crippen LogP contribution is -2.00. The third-order valence-corrected chi connectivity index (χ3v) is 4.28. The van der Waals surface area contributed by atoms with Crippen LogP contribution in [0.1, 0.15) is 5.56 Å². The van der Waals surface area contributed by atoms with Crippen LogP contribution in [0.3, 0.4) is 0 Å². The molecule has 0 saturated heterocycles. The predicted octanol–water partition coefficient (Wildman–Crippen LogP) is 5.28. The van der Waals surface area contributed by atoms with Gasteiger partial charge in [0.1, 0.15) is 12.3 Å². The van der Waals surface area contributed by atoms with Crippen molar-refractivity contribution in [2.45, 2.75) is 6.61 Å². The van der Waals surface area contributed by atoms with E-state index in [-0.39, 0.29) is 32.7 Å². The number of nitrogens with two attached hydrogens (primary N) is 1. The molecule has 5 nitrogen and oxygen atoms in total. The first kappa shape index (κ1) is 22.4. The van der Waals surface area contributed by atoms with Crippen LogP contribution in [-0.4, -0.2) is 18.6 Å². The molecule has 2 N–H and O–H groups in total. The van der Waals surface area contributed by atoms with Crippen LogP contribution < -0.4 is 10.5 Å². The number of nitrogens with zero attached hydrogens (tertiary/aromatic N) is 1. The van der Waals surface area contributed by atoms with Gasteiger partial charge in [-0.2, -0.15) is 0 Å². The summed E-state index contributed by atoms with van der Waals surface area (Å²) in [6.07, 6.45) is 1.15. The highest BCUT2D eigenvalue weighted by Crippen LogP contribution is 2.36. The Morgan fingerprint density at radius 3 is 2.38 bits per heavy atom. The molecule has 3 aromatic rings. The largest absolute Gasteiger partial charge is 0.492 e. The molecular formula is C20H16Cl2F2N2O3. The maximum atomic E-state index is 14.1. The number of carbonyl (C=O) groups is 1. The van der Waals surface area contributed by atoms with Crippen LogP contribution in [0.25, 0.3) is 11.3 Å². The first-order valence-electron chi connectivity index (χ1n) is 8.11. The molecule has 2 aromatic carbocycles. The van der Waals surface area contributed by atoms with Crippen molar-refractivity contribution in [3.63, 3.8) is 0 Å². The number of halogens is 4. The average molecular weight is 441 g/mol. The van der Waals surface area contributed by atoms with Gasteiger partial charge in [-0.25, -0.2) is 8.78 Å². The zero-order valence-electron chi connectivity index (χ0n) is 15.2. The lowest BCUT2D eigenvalue weighted by molar-refractivity contribution is -0.129. The van der Waals surface area contributed by atoms with E-state index in [1.165, 1.54) is 19.2 Å². The van der Waals surface area contributed by atoms with E-state index in [9.17, 15) is 13.6 Å². The molecule has 1 heterocycles. The molecule has 29 heavy (non-hydrogen) atoms. The fourth-order valence-corrected chi connectivity index (χ4v) is 2.63. The lowest BCUT2D eigenvalue weighted by Gasteiger charge is -2.10. The van der Waals surface area contributed by atoms with E-state index in [0.29, 0.717) is 13.1 Å². The summed E-state index contributed by atoms with van der Waals surface area (Å²) in [4.78, 5) is 13.5. The van der Waals surface area contributed by atoms with Crippen molar-refractivity contribution in [3.05, 3.63) is 75.9 Å². The van der Waals surface area contributed by atoms with E-state index < -0.39 is 11.6 Å². The highest BCUT2D eigenvalue weighted by atomic mass is 35.5. The molecule has 0 aliphatic rings. The third-order valence-electron chi connectivity index (χ3n) is 3.68. The predicted molar refractivity (Wildman–Crippen MR) is 108 cm³/mol. The average Bonchev–Trinajstić information content (AvgIpc) is 2.73. The Balaban J connectivity index is 0.000000253. The molecule has 0 spiro atoms. The van der Waals surface area contributed by atoms with Gasteiger partial charge in [0.05, 0.1) is 22.8 Å². The molecule has 0 amide bonds. The lowest BCUT2D eigenvalue weighted by atomic mass is 10.1. The normalized spacial score (nSPS) is 9.97. The maximum absolute atomic E-state index is 14.1. The van der Waals surface area contributed by atoms with Gasteiger partial charge < -0.3 is 15.2 Å². The molecule has 3 rings (SSSR count). The molecule has 0 bridgehead atoms. The summed E-state index contributed by atoms with van der Waals surface area (Å²) in [5, 5.41) is 0.0358. The van der Waals surface area contributed by atoms with Crippen molar-refractivity contribution < 1.29 is 23.0 Å². The van der Waals surface area contributed by atoms with Gasteiger partial charge in [0, 0.05) is 11.8 Å². The highest BCUT2D eigenvalue weighted by Gasteiger charge is 2.20. The van der Waals surface area contributed by atoms with E-state index >= 15 is 0 Å². The quantitative estimate of drug-likeness (QED) is 0.545. The standard InChI is InChI=1S/C12H8Cl2F2N2O.C8H8O2/c1-19-12-6(13)3-2-5(8(12)15)11-9(16)10(17)7(14)4-18-11;9-7-10-6-8-4-2-1-3-5-8/h2-4H,1H3,(H2,17,18);1-5,7H,6H2. The number of anilines is 1. The molecule has 152 valence electrons. The first-order chi connectivity index (χ1) is 13.9. The molecule has 0 atom stereocenters. The Morgan fingerprint density at radius 2 is 1.76 bits per heavy atom. The number of aromatic nitrogens is 1. The van der Waals surface area contributed by atoms with E-state index in [1.54, 1.807) is 0 Å². The first-order valence-corrected chi connectivity index (χ1v) is 8.87. The number of ether oxygens (including phenoxy) is 2. The summed E-state index contributed by atoms with van der Waals surface area (Å²) in [7, 11) is 1.26. The maximum Gasteiger partial charge on any atom is 0.293 e. The summed E-state index contributed by atoms with van der Waals surface area (Å²) >= 11 is 11.4. The fraction of sp³-hybridized carbons (Fsp3) is 0.100. The van der Waals surface area contributed by atoms with Gasteiger partial charge in [0.25, 0.3) is 6.47 Å². The number of rotatable bonds is 5. The third kappa shape index (κ3) is 5.56. The molecule has 1 aromatic heterocycles. The Labute approximate surface area is 176 Å². The van der Waals surface area contributed by atoms with Gasteiger partial charge in [-0.05, 0) is 17.7 Å². The van der Waals surface area contributed by atoms with Crippen molar-refractivity contribution in [1.82, 2.24) is 4.98 Å². The van der Waals surface area contributed by atoms with Crippen LogP contribution >= 0.6 is 23.2 Å². The van der Waals surface area contributed by atoms with Gasteiger partial charge >= 0.3 is 0 Å². The van der Waals surface area contributed by atoms with Crippen LogP contribution in [0.2, 0.25) is 10.0 Å². The number of nitrogen functional groups attached to an aromatic ring is 1. The van der Waals surface area contributed by atoms with Crippen LogP contribution in [0.5, 0.6) is 5.75 Å². The number of pyridine rings is 1. The second kappa shape index (κ2) is 10.6. The molecular weight excluding hydrogens is 425 g/mol. The minimum absolute atomic E-state index is 0.0393. The van der Waals surface area contributed by atoms with Crippen LogP contribution in [0.4, 0.5) is 14.5 Å². The second-order valence-electron chi connectivity index (χ2n) is 5.52. The number of hydrogen-bond acceptors (Lipinski definition) is 5. The Morgan fingerprint density at radius 1 is 1.07 bits per heavy atom.